The first kappa shape index (κ1) is 27.5. The highest BCUT2D eigenvalue weighted by Gasteiger charge is 2.41. The van der Waals surface area contributed by atoms with Crippen molar-refractivity contribution in [3.8, 4) is 28.5 Å². The van der Waals surface area contributed by atoms with Crippen molar-refractivity contribution in [2.24, 2.45) is 0 Å². The zero-order valence-corrected chi connectivity index (χ0v) is 21.1. The van der Waals surface area contributed by atoms with Crippen molar-refractivity contribution in [2.45, 2.75) is 24.0 Å². The number of ether oxygens (including phenoxy) is 2. The maximum absolute atomic E-state index is 14.5. The third kappa shape index (κ3) is 5.23. The van der Waals surface area contributed by atoms with Gasteiger partial charge in [0, 0.05) is 24.8 Å². The Kier molecular flexibility index (Phi) is 7.47. The van der Waals surface area contributed by atoms with E-state index in [0.717, 1.165) is 5.56 Å². The summed E-state index contributed by atoms with van der Waals surface area (Å²) in [6, 6.07) is 17.3. The first-order valence-electron chi connectivity index (χ1n) is 11.8. The Morgan fingerprint density at radius 1 is 0.850 bits per heavy atom. The SMILES string of the molecule is O=S(=O)(c1c(F)c(F)c(F)c(F)c1OC(F)F)N1CC[C@@H](n2ccc(-c3ccc(Oc4ccccc4)cc3)n2)C1. The monoisotopic (exact) mass is 583 g/mol. The second-order valence-electron chi connectivity index (χ2n) is 8.72. The average molecular weight is 584 g/mol. The van der Waals surface area contributed by atoms with E-state index in [2.05, 4.69) is 9.84 Å². The topological polar surface area (TPSA) is 73.7 Å². The summed E-state index contributed by atoms with van der Waals surface area (Å²) >= 11 is 0. The van der Waals surface area contributed by atoms with Gasteiger partial charge in [0.05, 0.1) is 11.7 Å². The number of hydrogen-bond donors (Lipinski definition) is 0. The molecule has 1 aromatic heterocycles. The molecule has 0 spiro atoms. The molecule has 0 radical (unpaired) electrons. The molecule has 40 heavy (non-hydrogen) atoms. The lowest BCUT2D eigenvalue weighted by atomic mass is 10.1. The molecule has 0 aliphatic carbocycles. The normalized spacial score (nSPS) is 16.0. The third-order valence-corrected chi connectivity index (χ3v) is 8.12. The zero-order valence-electron chi connectivity index (χ0n) is 20.3. The van der Waals surface area contributed by atoms with Crippen LogP contribution < -0.4 is 9.47 Å². The van der Waals surface area contributed by atoms with E-state index in [-0.39, 0.29) is 19.5 Å². The summed E-state index contributed by atoms with van der Waals surface area (Å²) in [5.74, 6) is -10.4. The third-order valence-electron chi connectivity index (χ3n) is 6.23. The summed E-state index contributed by atoms with van der Waals surface area (Å²) in [6.45, 7) is -4.43. The second kappa shape index (κ2) is 10.8. The molecule has 2 heterocycles. The number of aromatic nitrogens is 2. The summed E-state index contributed by atoms with van der Waals surface area (Å²) < 4.78 is 120. The van der Waals surface area contributed by atoms with Crippen molar-refractivity contribution in [2.75, 3.05) is 13.1 Å². The molecule has 1 saturated heterocycles. The fourth-order valence-corrected chi connectivity index (χ4v) is 5.96. The highest BCUT2D eigenvalue weighted by molar-refractivity contribution is 7.89. The number of halogens is 6. The van der Waals surface area contributed by atoms with Gasteiger partial charge in [0.25, 0.3) is 0 Å². The Morgan fingerprint density at radius 2 is 1.50 bits per heavy atom. The average Bonchev–Trinajstić information content (AvgIpc) is 3.62. The van der Waals surface area contributed by atoms with E-state index >= 15 is 0 Å². The van der Waals surface area contributed by atoms with Gasteiger partial charge in [-0.3, -0.25) is 4.68 Å². The van der Waals surface area contributed by atoms with Crippen LogP contribution in [0.25, 0.3) is 11.3 Å². The molecule has 3 aromatic carbocycles. The standard InChI is InChI=1S/C26H19F6N3O4S/c27-20-21(28)23(30)25(24(22(20)29)39-26(31)32)40(36,37)34-12-10-16(14-34)35-13-11-19(33-35)15-6-8-18(9-7-15)38-17-4-2-1-3-5-17/h1-9,11,13,16,26H,10,12,14H2/t16-/m1/s1. The number of benzene rings is 3. The lowest BCUT2D eigenvalue weighted by Crippen LogP contribution is -2.31. The molecule has 1 atom stereocenters. The van der Waals surface area contributed by atoms with E-state index in [1.807, 2.05) is 30.3 Å². The van der Waals surface area contributed by atoms with Crippen LogP contribution in [-0.4, -0.2) is 42.2 Å². The zero-order chi connectivity index (χ0) is 28.6. The molecular formula is C26H19F6N3O4S. The van der Waals surface area contributed by atoms with Crippen molar-refractivity contribution >= 4 is 10.0 Å². The van der Waals surface area contributed by atoms with Crippen LogP contribution in [0.5, 0.6) is 17.2 Å². The predicted molar refractivity (Wildman–Crippen MR) is 129 cm³/mol. The van der Waals surface area contributed by atoms with E-state index in [4.69, 9.17) is 4.74 Å². The van der Waals surface area contributed by atoms with Crippen molar-refractivity contribution in [3.63, 3.8) is 0 Å². The van der Waals surface area contributed by atoms with Crippen molar-refractivity contribution in [1.29, 1.82) is 0 Å². The lowest BCUT2D eigenvalue weighted by molar-refractivity contribution is -0.0551. The van der Waals surface area contributed by atoms with Gasteiger partial charge in [-0.25, -0.2) is 21.6 Å². The Balaban J connectivity index is 1.35. The Morgan fingerprint density at radius 3 is 2.17 bits per heavy atom. The highest BCUT2D eigenvalue weighted by atomic mass is 32.2. The molecular weight excluding hydrogens is 564 g/mol. The summed E-state index contributed by atoms with van der Waals surface area (Å²) in [4.78, 5) is -1.84. The van der Waals surface area contributed by atoms with Crippen molar-refractivity contribution in [1.82, 2.24) is 14.1 Å². The molecule has 0 bridgehead atoms. The van der Waals surface area contributed by atoms with Gasteiger partial charge >= 0.3 is 6.61 Å². The predicted octanol–water partition coefficient (Wildman–Crippen LogP) is 6.14. The van der Waals surface area contributed by atoms with Crippen LogP contribution in [0.3, 0.4) is 0 Å². The number of sulfonamides is 1. The molecule has 14 heteroatoms. The fourth-order valence-electron chi connectivity index (χ4n) is 4.30. The van der Waals surface area contributed by atoms with Crippen LogP contribution in [0.4, 0.5) is 26.3 Å². The van der Waals surface area contributed by atoms with E-state index in [1.165, 1.54) is 4.68 Å². The van der Waals surface area contributed by atoms with E-state index in [1.54, 1.807) is 36.5 Å². The van der Waals surface area contributed by atoms with E-state index in [9.17, 15) is 34.8 Å². The van der Waals surface area contributed by atoms with Gasteiger partial charge < -0.3 is 9.47 Å². The van der Waals surface area contributed by atoms with Crippen molar-refractivity contribution in [3.05, 3.63) is 90.1 Å². The number of rotatable bonds is 8. The summed E-state index contributed by atoms with van der Waals surface area (Å²) in [7, 11) is -5.13. The Bertz CT molecular complexity index is 1630. The van der Waals surface area contributed by atoms with Crippen LogP contribution in [0.15, 0.2) is 71.8 Å². The molecule has 0 saturated carbocycles. The maximum Gasteiger partial charge on any atom is 0.387 e. The Hall–Kier alpha value is -4.04. The minimum Gasteiger partial charge on any atom is -0.457 e. The number of alkyl halides is 2. The molecule has 1 fully saturated rings. The second-order valence-corrected chi connectivity index (χ2v) is 10.6. The Labute approximate surface area is 224 Å². The summed E-state index contributed by atoms with van der Waals surface area (Å²) in [5, 5.41) is 4.47. The number of para-hydroxylation sites is 1. The van der Waals surface area contributed by atoms with Crippen LogP contribution in [0.2, 0.25) is 0 Å². The minimum absolute atomic E-state index is 0.156. The van der Waals surface area contributed by atoms with Crippen LogP contribution in [-0.2, 0) is 10.0 Å². The van der Waals surface area contributed by atoms with Gasteiger partial charge in [0.15, 0.2) is 22.3 Å². The molecule has 0 N–H and O–H groups in total. The smallest absolute Gasteiger partial charge is 0.387 e. The van der Waals surface area contributed by atoms with E-state index in [0.29, 0.717) is 21.5 Å². The first-order chi connectivity index (χ1) is 19.1. The molecule has 0 unspecified atom stereocenters. The van der Waals surface area contributed by atoms with Gasteiger partial charge in [-0.2, -0.15) is 22.6 Å². The van der Waals surface area contributed by atoms with Crippen LogP contribution in [0.1, 0.15) is 12.5 Å². The van der Waals surface area contributed by atoms with Gasteiger partial charge in [-0.1, -0.05) is 18.2 Å². The van der Waals surface area contributed by atoms with Gasteiger partial charge in [-0.15, -0.1) is 0 Å². The molecule has 5 rings (SSSR count). The van der Waals surface area contributed by atoms with Crippen LogP contribution in [0, 0.1) is 23.3 Å². The molecule has 210 valence electrons. The van der Waals surface area contributed by atoms with Gasteiger partial charge in [-0.05, 0) is 48.9 Å². The quantitative estimate of drug-likeness (QED) is 0.142. The first-order valence-corrected chi connectivity index (χ1v) is 13.2. The van der Waals surface area contributed by atoms with E-state index < -0.39 is 56.6 Å². The highest BCUT2D eigenvalue weighted by Crippen LogP contribution is 2.38. The van der Waals surface area contributed by atoms with Gasteiger partial charge in [0.2, 0.25) is 21.7 Å². The number of hydrogen-bond acceptors (Lipinski definition) is 5. The maximum atomic E-state index is 14.5. The largest absolute Gasteiger partial charge is 0.457 e. The molecule has 1 aliphatic rings. The molecule has 4 aromatic rings. The molecule has 7 nitrogen and oxygen atoms in total. The number of nitrogens with zero attached hydrogens (tertiary/aromatic N) is 3. The summed E-state index contributed by atoms with van der Waals surface area (Å²) in [6.07, 6.45) is 1.75. The lowest BCUT2D eigenvalue weighted by Gasteiger charge is -2.20. The fraction of sp³-hybridized carbons (Fsp3) is 0.192. The molecule has 0 amide bonds. The molecule has 1 aliphatic heterocycles. The summed E-state index contributed by atoms with van der Waals surface area (Å²) in [5.41, 5.74) is 1.28. The minimum atomic E-state index is -5.13. The van der Waals surface area contributed by atoms with Crippen molar-refractivity contribution < 1.29 is 44.2 Å². The van der Waals surface area contributed by atoms with Crippen LogP contribution >= 0.6 is 0 Å². The van der Waals surface area contributed by atoms with Gasteiger partial charge in [0.1, 0.15) is 11.5 Å².